The number of phenolic OH excluding ortho intramolecular Hbond substituents is 2. The molecule has 4 rings (SSSR count). The van der Waals surface area contributed by atoms with Crippen molar-refractivity contribution in [3.8, 4) is 22.8 Å². The smallest absolute Gasteiger partial charge is 0.337 e. The summed E-state index contributed by atoms with van der Waals surface area (Å²) in [4.78, 5) is 21.2. The number of esters is 1. The number of aromatic hydroxyl groups is 2. The van der Waals surface area contributed by atoms with Gasteiger partial charge in [-0.15, -0.1) is 0 Å². The van der Waals surface area contributed by atoms with Gasteiger partial charge < -0.3 is 26.0 Å². The molecule has 0 saturated carbocycles. The minimum absolute atomic E-state index is 0.212. The Morgan fingerprint density at radius 2 is 2.03 bits per heavy atom. The Labute approximate surface area is 171 Å². The Morgan fingerprint density at radius 1 is 1.20 bits per heavy atom. The molecular weight excluding hydrogens is 386 g/mol. The van der Waals surface area contributed by atoms with Gasteiger partial charge in [0.1, 0.15) is 0 Å². The highest BCUT2D eigenvalue weighted by Crippen LogP contribution is 2.33. The summed E-state index contributed by atoms with van der Waals surface area (Å²) in [5.74, 6) is -0.330. The number of carbonyl (C=O) groups excluding carboxylic acids is 1. The second kappa shape index (κ2) is 7.88. The normalized spacial score (nSPS) is 11.1. The molecule has 4 aromatic rings. The van der Waals surface area contributed by atoms with Gasteiger partial charge in [-0.1, -0.05) is 0 Å². The van der Waals surface area contributed by atoms with Crippen molar-refractivity contribution in [2.45, 2.75) is 6.42 Å². The molecule has 0 bridgehead atoms. The van der Waals surface area contributed by atoms with Crippen LogP contribution in [-0.2, 0) is 4.74 Å². The first-order chi connectivity index (χ1) is 14.5. The maximum absolute atomic E-state index is 12.1. The number of imidazole rings is 1. The summed E-state index contributed by atoms with van der Waals surface area (Å²) in [7, 11) is 1.33. The van der Waals surface area contributed by atoms with Crippen LogP contribution in [0.1, 0.15) is 16.8 Å². The molecule has 0 atom stereocenters. The maximum atomic E-state index is 12.1. The number of rotatable bonds is 6. The first kappa shape index (κ1) is 19.5. The maximum Gasteiger partial charge on any atom is 0.337 e. The highest BCUT2D eigenvalue weighted by Gasteiger charge is 2.17. The van der Waals surface area contributed by atoms with E-state index in [-0.39, 0.29) is 11.5 Å². The lowest BCUT2D eigenvalue weighted by molar-refractivity contribution is 0.0601. The molecule has 0 spiro atoms. The van der Waals surface area contributed by atoms with E-state index in [1.807, 2.05) is 4.40 Å². The molecule has 0 unspecified atom stereocenters. The molecule has 2 heterocycles. The van der Waals surface area contributed by atoms with Gasteiger partial charge in [-0.05, 0) is 49.4 Å². The summed E-state index contributed by atoms with van der Waals surface area (Å²) in [6.45, 7) is 1.18. The number of carbonyl (C=O) groups is 1. The fourth-order valence-corrected chi connectivity index (χ4v) is 3.29. The molecule has 2 aromatic heterocycles. The molecule has 2 aromatic carbocycles. The number of nitrogens with two attached hydrogens (primary N) is 1. The molecule has 154 valence electrons. The van der Waals surface area contributed by atoms with E-state index in [0.29, 0.717) is 52.4 Å². The number of nitrogens with one attached hydrogen (secondary N) is 1. The van der Waals surface area contributed by atoms with Crippen molar-refractivity contribution in [3.05, 3.63) is 48.2 Å². The molecular formula is C21H21N5O4. The summed E-state index contributed by atoms with van der Waals surface area (Å²) < 4.78 is 6.70. The number of ether oxygens (including phenoxy) is 1. The van der Waals surface area contributed by atoms with Crippen LogP contribution in [0.5, 0.6) is 11.5 Å². The number of hydrogen-bond donors (Lipinski definition) is 4. The number of benzene rings is 2. The lowest BCUT2D eigenvalue weighted by Crippen LogP contribution is -2.11. The molecule has 9 nitrogen and oxygen atoms in total. The molecule has 0 radical (unpaired) electrons. The molecule has 0 amide bonds. The highest BCUT2D eigenvalue weighted by molar-refractivity contribution is 5.95. The molecule has 30 heavy (non-hydrogen) atoms. The third-order valence-corrected chi connectivity index (χ3v) is 4.79. The first-order valence-electron chi connectivity index (χ1n) is 9.39. The van der Waals surface area contributed by atoms with Crippen LogP contribution in [-0.4, -0.2) is 50.8 Å². The number of nitrogens with zero attached hydrogens (tertiary/aromatic N) is 3. The summed E-state index contributed by atoms with van der Waals surface area (Å²) >= 11 is 0. The van der Waals surface area contributed by atoms with Gasteiger partial charge in [0.25, 0.3) is 0 Å². The van der Waals surface area contributed by atoms with E-state index >= 15 is 0 Å². The number of aromatic nitrogens is 3. The topological polar surface area (TPSA) is 135 Å². The Bertz CT molecular complexity index is 1250. The third kappa shape index (κ3) is 3.35. The second-order valence-corrected chi connectivity index (χ2v) is 6.73. The predicted molar refractivity (Wildman–Crippen MR) is 113 cm³/mol. The average molecular weight is 407 g/mol. The van der Waals surface area contributed by atoms with E-state index in [4.69, 9.17) is 10.5 Å². The molecule has 0 aliphatic carbocycles. The van der Waals surface area contributed by atoms with Crippen molar-refractivity contribution in [2.24, 2.45) is 5.73 Å². The summed E-state index contributed by atoms with van der Waals surface area (Å²) in [5, 5.41) is 22.9. The second-order valence-electron chi connectivity index (χ2n) is 6.73. The third-order valence-electron chi connectivity index (χ3n) is 4.79. The fraction of sp³-hybridized carbons (Fsp3) is 0.190. The van der Waals surface area contributed by atoms with E-state index in [2.05, 4.69) is 15.3 Å². The quantitative estimate of drug-likeness (QED) is 0.218. The van der Waals surface area contributed by atoms with Crippen molar-refractivity contribution in [2.75, 3.05) is 25.5 Å². The SMILES string of the molecule is COC(=O)c1ccc2nc(NCCCN)c3ncc(-c4ccc(O)c(O)c4)n3c2c1. The predicted octanol–water partition coefficient (Wildman–Crippen LogP) is 2.51. The van der Waals surface area contributed by atoms with Crippen molar-refractivity contribution in [1.82, 2.24) is 14.4 Å². The van der Waals surface area contributed by atoms with Crippen LogP contribution >= 0.6 is 0 Å². The van der Waals surface area contributed by atoms with Gasteiger partial charge in [0.05, 0.1) is 35.6 Å². The fourth-order valence-electron chi connectivity index (χ4n) is 3.29. The zero-order valence-corrected chi connectivity index (χ0v) is 16.3. The van der Waals surface area contributed by atoms with E-state index in [9.17, 15) is 15.0 Å². The Morgan fingerprint density at radius 3 is 2.77 bits per heavy atom. The van der Waals surface area contributed by atoms with Crippen LogP contribution in [0.4, 0.5) is 5.82 Å². The molecule has 9 heteroatoms. The van der Waals surface area contributed by atoms with Gasteiger partial charge in [0.15, 0.2) is 23.0 Å². The van der Waals surface area contributed by atoms with Crippen LogP contribution in [0.3, 0.4) is 0 Å². The zero-order valence-electron chi connectivity index (χ0n) is 16.3. The van der Waals surface area contributed by atoms with Gasteiger partial charge in [-0.2, -0.15) is 0 Å². The lowest BCUT2D eigenvalue weighted by Gasteiger charge is -2.12. The standard InChI is InChI=1S/C21H21N5O4/c1-30-21(29)13-3-5-14-15(9-13)26-16(12-4-6-17(27)18(28)10-12)11-24-20(26)19(25-14)23-8-2-7-22/h3-6,9-11,27-28H,2,7-8,22H2,1H3,(H,23,25). The largest absolute Gasteiger partial charge is 0.504 e. The number of methoxy groups -OCH3 is 1. The van der Waals surface area contributed by atoms with E-state index in [0.717, 1.165) is 6.42 Å². The summed E-state index contributed by atoms with van der Waals surface area (Å²) in [5.41, 5.74) is 9.13. The molecule has 0 aliphatic heterocycles. The Kier molecular flexibility index (Phi) is 5.11. The van der Waals surface area contributed by atoms with E-state index in [1.165, 1.54) is 19.2 Å². The van der Waals surface area contributed by atoms with Crippen LogP contribution in [0.15, 0.2) is 42.6 Å². The average Bonchev–Trinajstić information content (AvgIpc) is 3.21. The first-order valence-corrected chi connectivity index (χ1v) is 9.39. The number of anilines is 1. The highest BCUT2D eigenvalue weighted by atomic mass is 16.5. The molecule has 0 fully saturated rings. The minimum Gasteiger partial charge on any atom is -0.504 e. The number of hydrogen-bond acceptors (Lipinski definition) is 8. The van der Waals surface area contributed by atoms with Crippen LogP contribution in [0.2, 0.25) is 0 Å². The van der Waals surface area contributed by atoms with Gasteiger partial charge >= 0.3 is 5.97 Å². The lowest BCUT2D eigenvalue weighted by atomic mass is 10.1. The monoisotopic (exact) mass is 407 g/mol. The number of phenols is 2. The van der Waals surface area contributed by atoms with Crippen molar-refractivity contribution < 1.29 is 19.7 Å². The van der Waals surface area contributed by atoms with Crippen LogP contribution < -0.4 is 11.1 Å². The van der Waals surface area contributed by atoms with Gasteiger partial charge in [0.2, 0.25) is 0 Å². The van der Waals surface area contributed by atoms with Crippen LogP contribution in [0.25, 0.3) is 27.9 Å². The summed E-state index contributed by atoms with van der Waals surface area (Å²) in [6, 6.07) is 9.63. The van der Waals surface area contributed by atoms with Crippen molar-refractivity contribution in [1.29, 1.82) is 0 Å². The molecule has 5 N–H and O–H groups in total. The van der Waals surface area contributed by atoms with Gasteiger partial charge in [-0.3, -0.25) is 4.40 Å². The summed E-state index contributed by atoms with van der Waals surface area (Å²) in [6.07, 6.45) is 2.42. The Balaban J connectivity index is 1.99. The zero-order chi connectivity index (χ0) is 21.3. The van der Waals surface area contributed by atoms with Crippen molar-refractivity contribution in [3.63, 3.8) is 0 Å². The minimum atomic E-state index is -0.459. The van der Waals surface area contributed by atoms with Crippen molar-refractivity contribution >= 4 is 28.5 Å². The Hall–Kier alpha value is -3.85. The van der Waals surface area contributed by atoms with Crippen LogP contribution in [0, 0.1) is 0 Å². The number of fused-ring (bicyclic) bond motifs is 3. The molecule has 0 aliphatic rings. The van der Waals surface area contributed by atoms with E-state index in [1.54, 1.807) is 30.5 Å². The van der Waals surface area contributed by atoms with Gasteiger partial charge in [0, 0.05) is 12.1 Å². The van der Waals surface area contributed by atoms with Gasteiger partial charge in [-0.25, -0.2) is 14.8 Å². The van der Waals surface area contributed by atoms with E-state index < -0.39 is 5.97 Å². The molecule has 0 saturated heterocycles.